The van der Waals surface area contributed by atoms with Gasteiger partial charge in [-0.2, -0.15) is 0 Å². The lowest BCUT2D eigenvalue weighted by molar-refractivity contribution is -0.139. The summed E-state index contributed by atoms with van der Waals surface area (Å²) in [5.41, 5.74) is 0.467. The Balaban J connectivity index is 1.61. The van der Waals surface area contributed by atoms with Gasteiger partial charge in [0.05, 0.1) is 5.69 Å². The van der Waals surface area contributed by atoms with E-state index in [0.29, 0.717) is 17.9 Å². The quantitative estimate of drug-likeness (QED) is 0.855. The molecule has 2 fully saturated rings. The average molecular weight is 320 g/mol. The molecular weight excluding hydrogens is 295 g/mol. The Morgan fingerprint density at radius 2 is 2.00 bits per heavy atom. The van der Waals surface area contributed by atoms with Crippen molar-refractivity contribution in [3.05, 3.63) is 17.8 Å². The van der Waals surface area contributed by atoms with Crippen molar-refractivity contribution in [1.29, 1.82) is 0 Å². The van der Waals surface area contributed by atoms with Crippen molar-refractivity contribution >= 4 is 11.7 Å². The van der Waals surface area contributed by atoms with Gasteiger partial charge in [-0.15, -0.1) is 0 Å². The van der Waals surface area contributed by atoms with Crippen LogP contribution < -0.4 is 4.90 Å². The molecule has 1 saturated heterocycles. The molecule has 23 heavy (non-hydrogen) atoms. The van der Waals surface area contributed by atoms with E-state index in [1.54, 1.807) is 0 Å². The van der Waals surface area contributed by atoms with Crippen molar-refractivity contribution in [2.24, 2.45) is 5.92 Å². The minimum atomic E-state index is -0.299. The maximum absolute atomic E-state index is 14.4. The number of aromatic nitrogens is 2. The molecule has 0 N–H and O–H groups in total. The summed E-state index contributed by atoms with van der Waals surface area (Å²) in [4.78, 5) is 24.4. The van der Waals surface area contributed by atoms with Gasteiger partial charge >= 0.3 is 0 Å². The molecule has 0 unspecified atom stereocenters. The Labute approximate surface area is 136 Å². The van der Waals surface area contributed by atoms with Crippen molar-refractivity contribution in [2.75, 3.05) is 25.0 Å². The second-order valence-corrected chi connectivity index (χ2v) is 6.61. The normalized spacial score (nSPS) is 19.5. The third kappa shape index (κ3) is 3.16. The van der Waals surface area contributed by atoms with Crippen molar-refractivity contribution < 1.29 is 9.18 Å². The van der Waals surface area contributed by atoms with Gasteiger partial charge in [0.2, 0.25) is 5.91 Å². The zero-order valence-corrected chi connectivity index (χ0v) is 14.0. The lowest BCUT2D eigenvalue weighted by Crippen LogP contribution is -2.48. The van der Waals surface area contributed by atoms with Gasteiger partial charge < -0.3 is 9.80 Å². The highest BCUT2D eigenvalue weighted by molar-refractivity contribution is 5.79. The van der Waals surface area contributed by atoms with Crippen LogP contribution in [0, 0.1) is 11.7 Å². The highest BCUT2D eigenvalue weighted by atomic mass is 19.1. The second-order valence-electron chi connectivity index (χ2n) is 6.61. The smallest absolute Gasteiger partial charge is 0.225 e. The first-order chi connectivity index (χ1) is 11.1. The molecule has 0 aromatic carbocycles. The minimum absolute atomic E-state index is 0.240. The fourth-order valence-corrected chi connectivity index (χ4v) is 3.45. The zero-order chi connectivity index (χ0) is 16.4. The first-order valence-electron chi connectivity index (χ1n) is 8.62. The fourth-order valence-electron chi connectivity index (χ4n) is 3.45. The molecule has 1 aliphatic heterocycles. The number of hydrogen-bond donors (Lipinski definition) is 0. The molecule has 1 aromatic heterocycles. The van der Waals surface area contributed by atoms with Crippen molar-refractivity contribution in [3.8, 4) is 0 Å². The number of rotatable bonds is 4. The van der Waals surface area contributed by atoms with E-state index in [-0.39, 0.29) is 23.7 Å². The first kappa shape index (κ1) is 16.1. The van der Waals surface area contributed by atoms with E-state index in [4.69, 9.17) is 0 Å². The first-order valence-corrected chi connectivity index (χ1v) is 8.62. The van der Waals surface area contributed by atoms with E-state index in [9.17, 15) is 9.18 Å². The molecule has 1 aromatic rings. The number of aryl methyl sites for hydroxylation is 1. The number of piperidine rings is 1. The van der Waals surface area contributed by atoms with Gasteiger partial charge in [-0.05, 0) is 32.1 Å². The van der Waals surface area contributed by atoms with E-state index in [0.717, 1.165) is 38.8 Å². The van der Waals surface area contributed by atoms with Crippen LogP contribution in [-0.4, -0.2) is 47.0 Å². The van der Waals surface area contributed by atoms with Gasteiger partial charge in [0, 0.05) is 32.1 Å². The number of carbonyl (C=O) groups is 1. The molecule has 3 rings (SSSR count). The average Bonchev–Trinajstić information content (AvgIpc) is 2.53. The van der Waals surface area contributed by atoms with Crippen LogP contribution in [0.5, 0.6) is 0 Å². The van der Waals surface area contributed by atoms with Crippen LogP contribution in [-0.2, 0) is 11.2 Å². The second kappa shape index (κ2) is 6.81. The van der Waals surface area contributed by atoms with Gasteiger partial charge in [0.15, 0.2) is 11.6 Å². The summed E-state index contributed by atoms with van der Waals surface area (Å²) < 4.78 is 14.4. The van der Waals surface area contributed by atoms with Crippen LogP contribution in [0.4, 0.5) is 10.2 Å². The Hall–Kier alpha value is -1.72. The Kier molecular flexibility index (Phi) is 4.78. The van der Waals surface area contributed by atoms with Gasteiger partial charge in [-0.25, -0.2) is 14.4 Å². The predicted octanol–water partition coefficient (Wildman–Crippen LogP) is 2.41. The number of carbonyl (C=O) groups excluding carboxylic acids is 1. The summed E-state index contributed by atoms with van der Waals surface area (Å²) in [6.45, 7) is 3.34. The molecule has 5 nitrogen and oxygen atoms in total. The maximum atomic E-state index is 14.4. The third-order valence-electron chi connectivity index (χ3n) is 5.29. The zero-order valence-electron chi connectivity index (χ0n) is 14.0. The molecule has 0 radical (unpaired) electrons. The van der Waals surface area contributed by atoms with E-state index in [1.807, 2.05) is 23.8 Å². The Morgan fingerprint density at radius 3 is 2.57 bits per heavy atom. The topological polar surface area (TPSA) is 49.3 Å². The molecule has 2 aliphatic rings. The summed E-state index contributed by atoms with van der Waals surface area (Å²) in [5, 5.41) is 0. The molecule has 1 saturated carbocycles. The van der Waals surface area contributed by atoms with Crippen LogP contribution in [0.3, 0.4) is 0 Å². The van der Waals surface area contributed by atoms with Crippen molar-refractivity contribution in [3.63, 3.8) is 0 Å². The van der Waals surface area contributed by atoms with Crippen molar-refractivity contribution in [2.45, 2.75) is 51.5 Å². The molecule has 1 amide bonds. The summed E-state index contributed by atoms with van der Waals surface area (Å²) in [5.74, 6) is 0.635. The Morgan fingerprint density at radius 1 is 1.30 bits per heavy atom. The van der Waals surface area contributed by atoms with Crippen LogP contribution in [0.1, 0.15) is 44.7 Å². The van der Waals surface area contributed by atoms with Crippen LogP contribution in [0.15, 0.2) is 6.33 Å². The minimum Gasteiger partial charge on any atom is -0.354 e. The SMILES string of the molecule is CCc1ncnc(N2CCC(N(C)C(=O)C3CCC3)CC2)c1F. The Bertz CT molecular complexity index is 568. The van der Waals surface area contributed by atoms with E-state index < -0.39 is 0 Å². The number of hydrogen-bond acceptors (Lipinski definition) is 4. The molecule has 6 heteroatoms. The third-order valence-corrected chi connectivity index (χ3v) is 5.29. The summed E-state index contributed by atoms with van der Waals surface area (Å²) in [7, 11) is 1.92. The standard InChI is InChI=1S/C17H25FN4O/c1-3-14-15(18)16(20-11-19-14)22-9-7-13(8-10-22)21(2)17(23)12-5-4-6-12/h11-13H,3-10H2,1-2H3. The molecule has 0 atom stereocenters. The molecule has 126 valence electrons. The number of anilines is 1. The molecule has 0 bridgehead atoms. The van der Waals surface area contributed by atoms with E-state index >= 15 is 0 Å². The van der Waals surface area contributed by atoms with E-state index in [2.05, 4.69) is 9.97 Å². The van der Waals surface area contributed by atoms with Crippen LogP contribution in [0.25, 0.3) is 0 Å². The van der Waals surface area contributed by atoms with Gasteiger partial charge in [0.1, 0.15) is 6.33 Å². The highest BCUT2D eigenvalue weighted by Gasteiger charge is 2.33. The maximum Gasteiger partial charge on any atom is 0.225 e. The monoisotopic (exact) mass is 320 g/mol. The highest BCUT2D eigenvalue weighted by Crippen LogP contribution is 2.30. The molecule has 1 aliphatic carbocycles. The summed E-state index contributed by atoms with van der Waals surface area (Å²) in [6.07, 6.45) is 6.98. The molecular formula is C17H25FN4O. The number of nitrogens with zero attached hydrogens (tertiary/aromatic N) is 4. The van der Waals surface area contributed by atoms with Gasteiger partial charge in [0.25, 0.3) is 0 Å². The lowest BCUT2D eigenvalue weighted by atomic mass is 9.84. The van der Waals surface area contributed by atoms with Crippen LogP contribution >= 0.6 is 0 Å². The molecule has 2 heterocycles. The fraction of sp³-hybridized carbons (Fsp3) is 0.706. The van der Waals surface area contributed by atoms with Gasteiger partial charge in [-0.3, -0.25) is 4.79 Å². The summed E-state index contributed by atoms with van der Waals surface area (Å²) >= 11 is 0. The lowest BCUT2D eigenvalue weighted by Gasteiger charge is -2.39. The van der Waals surface area contributed by atoms with Gasteiger partial charge in [-0.1, -0.05) is 13.3 Å². The molecule has 0 spiro atoms. The van der Waals surface area contributed by atoms with E-state index in [1.165, 1.54) is 12.7 Å². The van der Waals surface area contributed by atoms with Crippen LogP contribution in [0.2, 0.25) is 0 Å². The predicted molar refractivity (Wildman–Crippen MR) is 86.7 cm³/mol. The summed E-state index contributed by atoms with van der Waals surface area (Å²) in [6, 6.07) is 0.259. The number of halogens is 1. The largest absolute Gasteiger partial charge is 0.354 e. The number of amides is 1. The van der Waals surface area contributed by atoms with Crippen molar-refractivity contribution in [1.82, 2.24) is 14.9 Å².